The topological polar surface area (TPSA) is 87.2 Å². The average Bonchev–Trinajstić information content (AvgIpc) is 2.78. The molecule has 2 heterocycles. The van der Waals surface area contributed by atoms with E-state index in [1.807, 2.05) is 19.1 Å². The second kappa shape index (κ2) is 10.9. The van der Waals surface area contributed by atoms with Gasteiger partial charge in [-0.15, -0.1) is 10.2 Å². The summed E-state index contributed by atoms with van der Waals surface area (Å²) in [6, 6.07) is 9.71. The van der Waals surface area contributed by atoms with Gasteiger partial charge < -0.3 is 15.5 Å². The molecule has 3 rings (SSSR count). The highest BCUT2D eigenvalue weighted by Gasteiger charge is 2.26. The van der Waals surface area contributed by atoms with Gasteiger partial charge in [0.15, 0.2) is 5.82 Å². The van der Waals surface area contributed by atoms with Crippen molar-refractivity contribution in [1.29, 1.82) is 0 Å². The maximum Gasteiger partial charge on any atom is 0.234 e. The number of halogens is 1. The Labute approximate surface area is 179 Å². The minimum atomic E-state index is -0.469. The molecule has 1 aliphatic heterocycles. The molecule has 0 spiro atoms. The van der Waals surface area contributed by atoms with Gasteiger partial charge in [0.05, 0.1) is 17.4 Å². The first-order valence-corrected chi connectivity index (χ1v) is 11.1. The van der Waals surface area contributed by atoms with Crippen LogP contribution in [0.25, 0.3) is 0 Å². The standard InChI is InChI=1S/C21H26FN5O2S/c1-2-11-23-21(29)15-6-5-12-27(13-15)18-9-10-20(26-25-18)30-14-19(28)24-17-8-4-3-7-16(17)22/h3-4,7-10,15H,2,5-6,11-14H2,1H3,(H,23,29)(H,24,28). The van der Waals surface area contributed by atoms with Gasteiger partial charge in [-0.2, -0.15) is 0 Å². The lowest BCUT2D eigenvalue weighted by Gasteiger charge is -2.32. The van der Waals surface area contributed by atoms with E-state index in [0.717, 1.165) is 31.6 Å². The fourth-order valence-corrected chi connectivity index (χ4v) is 3.85. The van der Waals surface area contributed by atoms with Gasteiger partial charge >= 0.3 is 0 Å². The third-order valence-corrected chi connectivity index (χ3v) is 5.71. The van der Waals surface area contributed by atoms with Crippen LogP contribution in [0.2, 0.25) is 0 Å². The molecule has 2 amide bonds. The van der Waals surface area contributed by atoms with E-state index in [1.165, 1.54) is 23.9 Å². The van der Waals surface area contributed by atoms with Crippen LogP contribution in [0.5, 0.6) is 0 Å². The first-order chi connectivity index (χ1) is 14.6. The van der Waals surface area contributed by atoms with Crippen LogP contribution in [0.3, 0.4) is 0 Å². The van der Waals surface area contributed by atoms with Gasteiger partial charge in [0, 0.05) is 19.6 Å². The Balaban J connectivity index is 1.50. The summed E-state index contributed by atoms with van der Waals surface area (Å²) in [4.78, 5) is 26.4. The predicted molar refractivity (Wildman–Crippen MR) is 116 cm³/mol. The normalized spacial score (nSPS) is 16.2. The van der Waals surface area contributed by atoms with E-state index in [4.69, 9.17) is 0 Å². The number of piperidine rings is 1. The number of carbonyl (C=O) groups excluding carboxylic acids is 2. The van der Waals surface area contributed by atoms with Crippen molar-refractivity contribution in [3.8, 4) is 0 Å². The first kappa shape index (κ1) is 22.0. The summed E-state index contributed by atoms with van der Waals surface area (Å²) in [6.07, 6.45) is 2.73. The largest absolute Gasteiger partial charge is 0.356 e. The fourth-order valence-electron chi connectivity index (χ4n) is 3.24. The van der Waals surface area contributed by atoms with Crippen molar-refractivity contribution in [2.24, 2.45) is 5.92 Å². The summed E-state index contributed by atoms with van der Waals surface area (Å²) in [5.41, 5.74) is 0.159. The Hall–Kier alpha value is -2.68. The van der Waals surface area contributed by atoms with Crippen LogP contribution in [0, 0.1) is 11.7 Å². The van der Waals surface area contributed by atoms with Gasteiger partial charge in [0.25, 0.3) is 0 Å². The zero-order valence-corrected chi connectivity index (χ0v) is 17.8. The molecule has 0 bridgehead atoms. The minimum absolute atomic E-state index is 0.0387. The number of carbonyl (C=O) groups is 2. The molecule has 160 valence electrons. The highest BCUT2D eigenvalue weighted by molar-refractivity contribution is 7.99. The number of hydrogen-bond donors (Lipinski definition) is 2. The first-order valence-electron chi connectivity index (χ1n) is 10.1. The predicted octanol–water partition coefficient (Wildman–Crippen LogP) is 3.09. The molecule has 0 radical (unpaired) electrons. The van der Waals surface area contributed by atoms with Crippen molar-refractivity contribution in [2.75, 3.05) is 35.6 Å². The van der Waals surface area contributed by atoms with E-state index in [-0.39, 0.29) is 29.2 Å². The monoisotopic (exact) mass is 431 g/mol. The van der Waals surface area contributed by atoms with E-state index in [2.05, 4.69) is 25.7 Å². The third kappa shape index (κ3) is 6.16. The average molecular weight is 432 g/mol. The Morgan fingerprint density at radius 2 is 2.07 bits per heavy atom. The Morgan fingerprint density at radius 3 is 2.80 bits per heavy atom. The number of benzene rings is 1. The van der Waals surface area contributed by atoms with Crippen molar-refractivity contribution in [2.45, 2.75) is 31.2 Å². The maximum atomic E-state index is 13.6. The molecule has 2 N–H and O–H groups in total. The van der Waals surface area contributed by atoms with Gasteiger partial charge in [0.2, 0.25) is 11.8 Å². The number of anilines is 2. The van der Waals surface area contributed by atoms with E-state index >= 15 is 0 Å². The Kier molecular flexibility index (Phi) is 8.01. The summed E-state index contributed by atoms with van der Waals surface area (Å²) in [7, 11) is 0. The van der Waals surface area contributed by atoms with Gasteiger partial charge in [-0.05, 0) is 43.5 Å². The molecule has 1 aromatic carbocycles. The molecule has 2 aromatic rings. The zero-order chi connectivity index (χ0) is 21.3. The van der Waals surface area contributed by atoms with Gasteiger partial charge in [-0.3, -0.25) is 9.59 Å². The van der Waals surface area contributed by atoms with Crippen LogP contribution in [0.4, 0.5) is 15.9 Å². The second-order valence-corrected chi connectivity index (χ2v) is 8.12. The molecule has 9 heteroatoms. The molecule has 1 saturated heterocycles. The lowest BCUT2D eigenvalue weighted by atomic mass is 9.97. The lowest BCUT2D eigenvalue weighted by Crippen LogP contribution is -2.43. The summed E-state index contributed by atoms with van der Waals surface area (Å²) < 4.78 is 13.6. The van der Waals surface area contributed by atoms with Crippen LogP contribution in [0.1, 0.15) is 26.2 Å². The van der Waals surface area contributed by atoms with E-state index < -0.39 is 5.82 Å². The molecule has 1 aliphatic rings. The van der Waals surface area contributed by atoms with Crippen LogP contribution < -0.4 is 15.5 Å². The van der Waals surface area contributed by atoms with Crippen molar-refractivity contribution < 1.29 is 14.0 Å². The van der Waals surface area contributed by atoms with Crippen molar-refractivity contribution in [1.82, 2.24) is 15.5 Å². The quantitative estimate of drug-likeness (QED) is 0.625. The highest BCUT2D eigenvalue weighted by atomic mass is 32.2. The van der Waals surface area contributed by atoms with E-state index in [9.17, 15) is 14.0 Å². The number of para-hydroxylation sites is 1. The molecule has 1 aromatic heterocycles. The SMILES string of the molecule is CCCNC(=O)C1CCCN(c2ccc(SCC(=O)Nc3ccccc3F)nn2)C1. The van der Waals surface area contributed by atoms with Crippen molar-refractivity contribution in [3.05, 3.63) is 42.2 Å². The minimum Gasteiger partial charge on any atom is -0.356 e. The lowest BCUT2D eigenvalue weighted by molar-refractivity contribution is -0.125. The third-order valence-electron chi connectivity index (χ3n) is 4.79. The number of amides is 2. The van der Waals surface area contributed by atoms with Crippen LogP contribution in [-0.2, 0) is 9.59 Å². The summed E-state index contributed by atoms with van der Waals surface area (Å²) in [5.74, 6) is 0.108. The fraction of sp³-hybridized carbons (Fsp3) is 0.429. The van der Waals surface area contributed by atoms with Gasteiger partial charge in [-0.1, -0.05) is 30.8 Å². The Bertz CT molecular complexity index is 865. The second-order valence-electron chi connectivity index (χ2n) is 7.12. The van der Waals surface area contributed by atoms with Crippen LogP contribution >= 0.6 is 11.8 Å². The zero-order valence-electron chi connectivity index (χ0n) is 16.9. The van der Waals surface area contributed by atoms with E-state index in [1.54, 1.807) is 12.1 Å². The number of nitrogens with one attached hydrogen (secondary N) is 2. The molecule has 1 unspecified atom stereocenters. The van der Waals surface area contributed by atoms with Crippen molar-refractivity contribution >= 4 is 35.1 Å². The molecule has 7 nitrogen and oxygen atoms in total. The van der Waals surface area contributed by atoms with Crippen LogP contribution in [0.15, 0.2) is 41.4 Å². The molecule has 0 aliphatic carbocycles. The van der Waals surface area contributed by atoms with Crippen LogP contribution in [-0.4, -0.2) is 47.4 Å². The number of aromatic nitrogens is 2. The highest BCUT2D eigenvalue weighted by Crippen LogP contribution is 2.23. The molecular formula is C21H26FN5O2S. The van der Waals surface area contributed by atoms with Crippen molar-refractivity contribution in [3.63, 3.8) is 0 Å². The number of thioether (sulfide) groups is 1. The molecule has 1 atom stereocenters. The molecule has 1 fully saturated rings. The summed E-state index contributed by atoms with van der Waals surface area (Å²) >= 11 is 1.23. The maximum absolute atomic E-state index is 13.6. The molecule has 30 heavy (non-hydrogen) atoms. The molecular weight excluding hydrogens is 405 g/mol. The van der Waals surface area contributed by atoms with E-state index in [0.29, 0.717) is 18.1 Å². The summed E-state index contributed by atoms with van der Waals surface area (Å²) in [6.45, 7) is 4.20. The number of hydrogen-bond acceptors (Lipinski definition) is 6. The van der Waals surface area contributed by atoms with Gasteiger partial charge in [0.1, 0.15) is 10.8 Å². The number of rotatable bonds is 8. The Morgan fingerprint density at radius 1 is 1.23 bits per heavy atom. The number of nitrogens with zero attached hydrogens (tertiary/aromatic N) is 3. The summed E-state index contributed by atoms with van der Waals surface area (Å²) in [5, 5.41) is 14.6. The molecule has 0 saturated carbocycles. The van der Waals surface area contributed by atoms with Gasteiger partial charge in [-0.25, -0.2) is 4.39 Å². The smallest absolute Gasteiger partial charge is 0.234 e.